The number of nitrogens with zero attached hydrogens (tertiary/aromatic N) is 5. The van der Waals surface area contributed by atoms with Gasteiger partial charge < -0.3 is 0 Å². The number of para-hydroxylation sites is 1. The molecule has 2 heterocycles. The number of aromatic nitrogens is 5. The van der Waals surface area contributed by atoms with Gasteiger partial charge >= 0.3 is 0 Å². The molecule has 0 saturated carbocycles. The zero-order chi connectivity index (χ0) is 16.5. The molecule has 2 aromatic carbocycles. The van der Waals surface area contributed by atoms with Crippen molar-refractivity contribution in [1.29, 1.82) is 0 Å². The minimum absolute atomic E-state index is 0.426. The molecule has 0 bridgehead atoms. The molecule has 0 amide bonds. The van der Waals surface area contributed by atoms with Crippen molar-refractivity contribution in [3.05, 3.63) is 70.9 Å². The molecule has 0 aliphatic carbocycles. The summed E-state index contributed by atoms with van der Waals surface area (Å²) in [5.74, 6) is 0.597. The lowest BCUT2D eigenvalue weighted by Gasteiger charge is -2.05. The van der Waals surface area contributed by atoms with Gasteiger partial charge in [-0.05, 0) is 24.3 Å². The minimum Gasteiger partial charge on any atom is -0.236 e. The fourth-order valence-corrected chi connectivity index (χ4v) is 2.73. The van der Waals surface area contributed by atoms with Crippen LogP contribution in [0.3, 0.4) is 0 Å². The largest absolute Gasteiger partial charge is 0.236 e. The average Bonchev–Trinajstić information content (AvgIpc) is 3.05. The normalized spacial score (nSPS) is 11.1. The Morgan fingerprint density at radius 1 is 1.04 bits per heavy atom. The topological polar surface area (TPSA) is 56.5 Å². The highest BCUT2D eigenvalue weighted by Crippen LogP contribution is 2.21. The molecule has 5 nitrogen and oxygen atoms in total. The van der Waals surface area contributed by atoms with Crippen LogP contribution >= 0.6 is 11.6 Å². The standard InChI is InChI=1S/C18H14ClN5/c1-12-6-8-13(9-7-12)18-21-23-24(22-18)11-15-10-14-4-2-3-5-16(14)20-17(15)19/h2-10H,11H2,1H3. The van der Waals surface area contributed by atoms with Crippen molar-refractivity contribution in [2.45, 2.75) is 13.5 Å². The van der Waals surface area contributed by atoms with Crippen LogP contribution in [-0.4, -0.2) is 25.2 Å². The zero-order valence-electron chi connectivity index (χ0n) is 13.0. The van der Waals surface area contributed by atoms with Crippen molar-refractivity contribution in [3.63, 3.8) is 0 Å². The monoisotopic (exact) mass is 335 g/mol. The van der Waals surface area contributed by atoms with Gasteiger partial charge in [0, 0.05) is 16.5 Å². The average molecular weight is 336 g/mol. The van der Waals surface area contributed by atoms with E-state index in [4.69, 9.17) is 11.6 Å². The van der Waals surface area contributed by atoms with E-state index in [0.29, 0.717) is 17.5 Å². The van der Waals surface area contributed by atoms with Gasteiger partial charge in [-0.25, -0.2) is 4.98 Å². The van der Waals surface area contributed by atoms with Crippen molar-refractivity contribution < 1.29 is 0 Å². The van der Waals surface area contributed by atoms with Crippen LogP contribution in [0.1, 0.15) is 11.1 Å². The molecule has 24 heavy (non-hydrogen) atoms. The van der Waals surface area contributed by atoms with E-state index >= 15 is 0 Å². The predicted octanol–water partition coefficient (Wildman–Crippen LogP) is 3.90. The summed E-state index contributed by atoms with van der Waals surface area (Å²) in [7, 11) is 0. The van der Waals surface area contributed by atoms with E-state index in [-0.39, 0.29) is 0 Å². The Morgan fingerprint density at radius 2 is 1.83 bits per heavy atom. The molecule has 0 saturated heterocycles. The molecular weight excluding hydrogens is 322 g/mol. The number of hydrogen-bond acceptors (Lipinski definition) is 4. The van der Waals surface area contributed by atoms with E-state index in [1.807, 2.05) is 61.5 Å². The number of benzene rings is 2. The van der Waals surface area contributed by atoms with Gasteiger partial charge in [-0.1, -0.05) is 59.6 Å². The Labute approximate surface area is 143 Å². The van der Waals surface area contributed by atoms with E-state index in [1.165, 1.54) is 10.4 Å². The molecule has 2 aromatic heterocycles. The Kier molecular flexibility index (Phi) is 3.70. The van der Waals surface area contributed by atoms with Crippen LogP contribution < -0.4 is 0 Å². The van der Waals surface area contributed by atoms with Gasteiger partial charge in [0.25, 0.3) is 0 Å². The quantitative estimate of drug-likeness (QED) is 0.533. The second-order valence-electron chi connectivity index (χ2n) is 5.64. The van der Waals surface area contributed by atoms with Crippen molar-refractivity contribution in [2.24, 2.45) is 0 Å². The van der Waals surface area contributed by atoms with Crippen LogP contribution in [0.2, 0.25) is 5.15 Å². The number of halogens is 1. The van der Waals surface area contributed by atoms with Crippen molar-refractivity contribution >= 4 is 22.5 Å². The number of hydrogen-bond donors (Lipinski definition) is 0. The van der Waals surface area contributed by atoms with Gasteiger partial charge in [0.05, 0.1) is 12.1 Å². The first-order valence-corrected chi connectivity index (χ1v) is 7.96. The summed E-state index contributed by atoms with van der Waals surface area (Å²) < 4.78 is 0. The van der Waals surface area contributed by atoms with Crippen LogP contribution in [0.15, 0.2) is 54.6 Å². The van der Waals surface area contributed by atoms with Crippen LogP contribution in [0, 0.1) is 6.92 Å². The van der Waals surface area contributed by atoms with Crippen molar-refractivity contribution in [3.8, 4) is 11.4 Å². The zero-order valence-corrected chi connectivity index (χ0v) is 13.8. The third kappa shape index (κ3) is 2.86. The maximum absolute atomic E-state index is 6.29. The van der Waals surface area contributed by atoms with Gasteiger partial charge in [-0.3, -0.25) is 0 Å². The fourth-order valence-electron chi connectivity index (χ4n) is 2.53. The summed E-state index contributed by atoms with van der Waals surface area (Å²) in [6.45, 7) is 2.47. The number of pyridine rings is 1. The summed E-state index contributed by atoms with van der Waals surface area (Å²) >= 11 is 6.29. The molecule has 118 valence electrons. The smallest absolute Gasteiger partial charge is 0.204 e. The molecular formula is C18H14ClN5. The Hall–Kier alpha value is -2.79. The van der Waals surface area contributed by atoms with Gasteiger partial charge in [-0.2, -0.15) is 4.80 Å². The van der Waals surface area contributed by atoms with Gasteiger partial charge in [-0.15, -0.1) is 10.2 Å². The molecule has 0 fully saturated rings. The van der Waals surface area contributed by atoms with E-state index in [9.17, 15) is 0 Å². The molecule has 6 heteroatoms. The van der Waals surface area contributed by atoms with Crippen LogP contribution in [0.5, 0.6) is 0 Å². The molecule has 0 atom stereocenters. The number of aryl methyl sites for hydroxylation is 1. The first-order valence-electron chi connectivity index (χ1n) is 7.58. The third-order valence-corrected chi connectivity index (χ3v) is 4.15. The number of rotatable bonds is 3. The predicted molar refractivity (Wildman–Crippen MR) is 93.8 cm³/mol. The lowest BCUT2D eigenvalue weighted by atomic mass is 10.1. The molecule has 4 rings (SSSR count). The van der Waals surface area contributed by atoms with Gasteiger partial charge in [0.15, 0.2) is 0 Å². The van der Waals surface area contributed by atoms with Crippen molar-refractivity contribution in [2.75, 3.05) is 0 Å². The molecule has 0 aliphatic heterocycles. The second-order valence-corrected chi connectivity index (χ2v) is 6.00. The minimum atomic E-state index is 0.426. The lowest BCUT2D eigenvalue weighted by Crippen LogP contribution is -2.05. The maximum atomic E-state index is 6.29. The molecule has 0 aliphatic rings. The lowest BCUT2D eigenvalue weighted by molar-refractivity contribution is 0.572. The highest BCUT2D eigenvalue weighted by molar-refractivity contribution is 6.30. The first-order chi connectivity index (χ1) is 11.7. The summed E-state index contributed by atoms with van der Waals surface area (Å²) in [4.78, 5) is 5.96. The fraction of sp³-hybridized carbons (Fsp3) is 0.111. The summed E-state index contributed by atoms with van der Waals surface area (Å²) in [6, 6.07) is 17.9. The van der Waals surface area contributed by atoms with Crippen LogP contribution in [-0.2, 0) is 6.54 Å². The molecule has 4 aromatic rings. The maximum Gasteiger partial charge on any atom is 0.204 e. The summed E-state index contributed by atoms with van der Waals surface area (Å²) in [6.07, 6.45) is 0. The highest BCUT2D eigenvalue weighted by atomic mass is 35.5. The van der Waals surface area contributed by atoms with Crippen molar-refractivity contribution in [1.82, 2.24) is 25.2 Å². The molecule has 0 unspecified atom stereocenters. The Bertz CT molecular complexity index is 1010. The number of fused-ring (bicyclic) bond motifs is 1. The first kappa shape index (κ1) is 14.8. The Balaban J connectivity index is 1.64. The molecule has 0 radical (unpaired) electrons. The molecule has 0 N–H and O–H groups in total. The highest BCUT2D eigenvalue weighted by Gasteiger charge is 2.10. The van der Waals surface area contributed by atoms with Crippen LogP contribution in [0.4, 0.5) is 0 Å². The SMILES string of the molecule is Cc1ccc(-c2nnn(Cc3cc4ccccc4nc3Cl)n2)cc1. The van der Waals surface area contributed by atoms with Crippen LogP contribution in [0.25, 0.3) is 22.3 Å². The van der Waals surface area contributed by atoms with E-state index in [1.54, 1.807) is 0 Å². The number of tetrazole rings is 1. The van der Waals surface area contributed by atoms with E-state index in [2.05, 4.69) is 20.4 Å². The Morgan fingerprint density at radius 3 is 2.67 bits per heavy atom. The van der Waals surface area contributed by atoms with Gasteiger partial charge in [0.2, 0.25) is 5.82 Å². The molecule has 0 spiro atoms. The summed E-state index contributed by atoms with van der Waals surface area (Å²) in [5, 5.41) is 14.2. The van der Waals surface area contributed by atoms with E-state index in [0.717, 1.165) is 22.0 Å². The summed E-state index contributed by atoms with van der Waals surface area (Å²) in [5.41, 5.74) is 3.87. The van der Waals surface area contributed by atoms with E-state index < -0.39 is 0 Å². The van der Waals surface area contributed by atoms with Gasteiger partial charge in [0.1, 0.15) is 5.15 Å². The third-order valence-electron chi connectivity index (χ3n) is 3.82. The second kappa shape index (κ2) is 6.02.